The zero-order valence-corrected chi connectivity index (χ0v) is 28.6. The van der Waals surface area contributed by atoms with Crippen molar-refractivity contribution in [2.24, 2.45) is 0 Å². The number of rotatable bonds is 8. The van der Waals surface area contributed by atoms with Gasteiger partial charge in [0.1, 0.15) is 17.3 Å². The van der Waals surface area contributed by atoms with Crippen LogP contribution in [0.3, 0.4) is 0 Å². The summed E-state index contributed by atoms with van der Waals surface area (Å²) in [7, 11) is 0.0888. The van der Waals surface area contributed by atoms with Gasteiger partial charge in [-0.25, -0.2) is 28.4 Å². The van der Waals surface area contributed by atoms with E-state index in [1.54, 1.807) is 26.4 Å². The summed E-state index contributed by atoms with van der Waals surface area (Å²) in [6, 6.07) is 4.52. The third-order valence-electron chi connectivity index (χ3n) is 8.19. The lowest BCUT2D eigenvalue weighted by atomic mass is 10.0. The van der Waals surface area contributed by atoms with Gasteiger partial charge >= 0.3 is 0 Å². The monoisotopic (exact) mass is 659 g/mol. The molecule has 0 radical (unpaired) electrons. The summed E-state index contributed by atoms with van der Waals surface area (Å²) < 4.78 is 38.8. The normalized spacial score (nSPS) is 22.8. The fraction of sp³-hybridized carbons (Fsp3) is 0.533. The number of nitrogens with one attached hydrogen (secondary N) is 2. The van der Waals surface area contributed by atoms with E-state index in [2.05, 4.69) is 55.6 Å². The minimum absolute atomic E-state index is 0.0108. The number of piperazine rings is 1. The second kappa shape index (κ2) is 13.1. The van der Waals surface area contributed by atoms with Gasteiger partial charge in [-0.2, -0.15) is 0 Å². The molecule has 244 valence electrons. The van der Waals surface area contributed by atoms with Crippen LogP contribution in [0.2, 0.25) is 5.15 Å². The summed E-state index contributed by atoms with van der Waals surface area (Å²) in [5.74, 6) is 1.89. The number of nitrogens with zero attached hydrogens (tertiary/aromatic N) is 7. The number of aryl methyl sites for hydroxylation is 1. The maximum absolute atomic E-state index is 12.3. The van der Waals surface area contributed by atoms with Crippen molar-refractivity contribution in [2.45, 2.75) is 58.9 Å². The molecular weight excluding hydrogens is 618 g/mol. The lowest BCUT2D eigenvalue weighted by molar-refractivity contribution is -0.00572. The highest BCUT2D eigenvalue weighted by atomic mass is 35.5. The summed E-state index contributed by atoms with van der Waals surface area (Å²) in [4.78, 5) is 24.9. The standard InChI is InChI=1S/C30H42ClN9O4S/c1-17-13-39(14-18(2)38(17)6)25-10-26(43-7)23(22-11-32-30(33-12-22)40-15-19(3)44-20(4)16-40)9-24(25)36-29-27(37-45(8,41)42)28(31)34-21(5)35-29/h9-12,17-20,37H,13-16H2,1-8H3,(H,34,35,36)/t17-,18-,19-,20+/m0/s1. The molecule has 5 rings (SSSR count). The quantitative estimate of drug-likeness (QED) is 0.336. The molecule has 2 N–H and O–H groups in total. The summed E-state index contributed by atoms with van der Waals surface area (Å²) in [5.41, 5.74) is 3.12. The fourth-order valence-corrected chi connectivity index (χ4v) is 6.80. The molecule has 45 heavy (non-hydrogen) atoms. The van der Waals surface area contributed by atoms with Gasteiger partial charge in [-0.3, -0.25) is 9.62 Å². The molecule has 0 spiro atoms. The van der Waals surface area contributed by atoms with E-state index in [0.717, 1.165) is 36.2 Å². The maximum Gasteiger partial charge on any atom is 0.230 e. The van der Waals surface area contributed by atoms with E-state index in [4.69, 9.17) is 31.0 Å². The van der Waals surface area contributed by atoms with Crippen LogP contribution in [-0.4, -0.2) is 104 Å². The smallest absolute Gasteiger partial charge is 0.230 e. The van der Waals surface area contributed by atoms with Gasteiger partial charge in [0.2, 0.25) is 16.0 Å². The molecule has 4 atom stereocenters. The van der Waals surface area contributed by atoms with Crippen LogP contribution in [0.15, 0.2) is 24.5 Å². The largest absolute Gasteiger partial charge is 0.496 e. The third-order valence-corrected chi connectivity index (χ3v) is 9.04. The van der Waals surface area contributed by atoms with E-state index in [1.807, 2.05) is 26.0 Å². The Morgan fingerprint density at radius 3 is 2.18 bits per heavy atom. The zero-order valence-electron chi connectivity index (χ0n) is 27.0. The summed E-state index contributed by atoms with van der Waals surface area (Å²) in [5, 5.41) is 3.37. The van der Waals surface area contributed by atoms with Gasteiger partial charge in [0.25, 0.3) is 0 Å². The lowest BCUT2D eigenvalue weighted by Crippen LogP contribution is -2.55. The van der Waals surface area contributed by atoms with E-state index in [0.29, 0.717) is 36.3 Å². The zero-order chi connectivity index (χ0) is 32.6. The average molecular weight is 660 g/mol. The van der Waals surface area contributed by atoms with Crippen LogP contribution in [0.4, 0.5) is 28.8 Å². The number of likely N-dealkylation sites (N-methyl/N-ethyl adjacent to an activating group) is 1. The average Bonchev–Trinajstić information content (AvgIpc) is 2.96. The molecule has 0 saturated carbocycles. The Morgan fingerprint density at radius 2 is 1.60 bits per heavy atom. The number of halogens is 1. The second-order valence-corrected chi connectivity index (χ2v) is 14.2. The summed E-state index contributed by atoms with van der Waals surface area (Å²) in [6.07, 6.45) is 4.80. The van der Waals surface area contributed by atoms with Gasteiger partial charge in [-0.15, -0.1) is 0 Å². The topological polar surface area (TPSA) is 138 Å². The van der Waals surface area contributed by atoms with Gasteiger partial charge in [0, 0.05) is 67.8 Å². The van der Waals surface area contributed by atoms with Crippen molar-refractivity contribution in [1.82, 2.24) is 24.8 Å². The number of hydrogen-bond donors (Lipinski definition) is 2. The van der Waals surface area contributed by atoms with Gasteiger partial charge in [0.05, 0.1) is 36.9 Å². The maximum atomic E-state index is 12.3. The highest BCUT2D eigenvalue weighted by Crippen LogP contribution is 2.42. The molecule has 2 aliphatic heterocycles. The van der Waals surface area contributed by atoms with Crippen molar-refractivity contribution in [3.8, 4) is 16.9 Å². The molecule has 4 heterocycles. The first-order chi connectivity index (χ1) is 21.2. The third kappa shape index (κ3) is 7.51. The van der Waals surface area contributed by atoms with Crippen LogP contribution in [0.1, 0.15) is 33.5 Å². The van der Waals surface area contributed by atoms with E-state index in [9.17, 15) is 8.42 Å². The van der Waals surface area contributed by atoms with E-state index < -0.39 is 10.0 Å². The van der Waals surface area contributed by atoms with Gasteiger partial charge < -0.3 is 24.6 Å². The molecule has 2 aromatic heterocycles. The number of morpholine rings is 1. The molecule has 0 amide bonds. The van der Waals surface area contributed by atoms with Crippen LogP contribution < -0.4 is 24.6 Å². The number of ether oxygens (including phenoxy) is 2. The molecule has 0 unspecified atom stereocenters. The van der Waals surface area contributed by atoms with Crippen molar-refractivity contribution in [2.75, 3.05) is 66.4 Å². The van der Waals surface area contributed by atoms with Crippen molar-refractivity contribution in [3.05, 3.63) is 35.5 Å². The first-order valence-corrected chi connectivity index (χ1v) is 17.2. The van der Waals surface area contributed by atoms with Crippen LogP contribution in [-0.2, 0) is 14.8 Å². The molecule has 15 heteroatoms. The molecule has 0 aliphatic carbocycles. The Balaban J connectivity index is 1.60. The number of hydrogen-bond acceptors (Lipinski definition) is 12. The Morgan fingerprint density at radius 1 is 0.978 bits per heavy atom. The van der Waals surface area contributed by atoms with Gasteiger partial charge in [-0.1, -0.05) is 11.6 Å². The summed E-state index contributed by atoms with van der Waals surface area (Å²) >= 11 is 6.44. The number of sulfonamides is 1. The fourth-order valence-electron chi connectivity index (χ4n) is 5.92. The van der Waals surface area contributed by atoms with E-state index in [-0.39, 0.29) is 40.9 Å². The Hall–Kier alpha value is -3.46. The van der Waals surface area contributed by atoms with Crippen LogP contribution >= 0.6 is 11.6 Å². The number of aromatic nitrogens is 4. The molecule has 1 aromatic carbocycles. The van der Waals surface area contributed by atoms with E-state index >= 15 is 0 Å². The first kappa shape index (κ1) is 32.9. The minimum Gasteiger partial charge on any atom is -0.496 e. The highest BCUT2D eigenvalue weighted by Gasteiger charge is 2.30. The van der Waals surface area contributed by atoms with Crippen molar-refractivity contribution < 1.29 is 17.9 Å². The Labute approximate surface area is 270 Å². The van der Waals surface area contributed by atoms with Gasteiger partial charge in [-0.05, 0) is 47.7 Å². The Kier molecular flexibility index (Phi) is 9.59. The molecule has 2 fully saturated rings. The lowest BCUT2D eigenvalue weighted by Gasteiger charge is -2.44. The number of benzene rings is 1. The highest BCUT2D eigenvalue weighted by molar-refractivity contribution is 7.92. The van der Waals surface area contributed by atoms with Crippen molar-refractivity contribution in [1.29, 1.82) is 0 Å². The summed E-state index contributed by atoms with van der Waals surface area (Å²) in [6.45, 7) is 13.1. The van der Waals surface area contributed by atoms with Crippen LogP contribution in [0.25, 0.3) is 11.1 Å². The minimum atomic E-state index is -3.68. The Bertz CT molecular complexity index is 1620. The van der Waals surface area contributed by atoms with Gasteiger partial charge in [0.15, 0.2) is 11.0 Å². The molecule has 2 aliphatic rings. The molecule has 13 nitrogen and oxygen atoms in total. The van der Waals surface area contributed by atoms with Crippen LogP contribution in [0, 0.1) is 6.92 Å². The SMILES string of the molecule is COc1cc(N2C[C@H](C)N(C)[C@@H](C)C2)c(Nc2nc(C)nc(Cl)c2NS(C)(=O)=O)cc1-c1cnc(N2C[C@@H](C)O[C@@H](C)C2)nc1. The molecule has 3 aromatic rings. The van der Waals surface area contributed by atoms with Crippen molar-refractivity contribution in [3.63, 3.8) is 0 Å². The first-order valence-electron chi connectivity index (χ1n) is 14.9. The molecule has 0 bridgehead atoms. The predicted molar refractivity (Wildman–Crippen MR) is 179 cm³/mol. The second-order valence-electron chi connectivity index (χ2n) is 12.1. The van der Waals surface area contributed by atoms with Crippen LogP contribution in [0.5, 0.6) is 5.75 Å². The van der Waals surface area contributed by atoms with Crippen molar-refractivity contribution >= 4 is 50.5 Å². The predicted octanol–water partition coefficient (Wildman–Crippen LogP) is 4.16. The number of methoxy groups -OCH3 is 1. The van der Waals surface area contributed by atoms with E-state index in [1.165, 1.54) is 0 Å². The molecule has 2 saturated heterocycles. The number of anilines is 5. The molecular formula is C30H42ClN9O4S.